The zero-order valence-electron chi connectivity index (χ0n) is 14.8. The quantitative estimate of drug-likeness (QED) is 0.327. The van der Waals surface area contributed by atoms with Crippen LogP contribution in [-0.4, -0.2) is 24.0 Å². The fourth-order valence-corrected chi connectivity index (χ4v) is 7.24. The van der Waals surface area contributed by atoms with E-state index in [4.69, 9.17) is 0 Å². The number of carbonyl (C=O) groups is 1. The summed E-state index contributed by atoms with van der Waals surface area (Å²) in [4.78, 5) is 17.1. The third-order valence-electron chi connectivity index (χ3n) is 7.30. The molecule has 4 saturated carbocycles. The number of Topliss-reactive ketones (excluding diaryl/α,β-unsaturated/α-hetero) is 1. The van der Waals surface area contributed by atoms with Gasteiger partial charge in [0.15, 0.2) is 8.07 Å². The SMILES string of the molecule is CC(C)(C)[Si](C)(C)C(=[N+]=[N-])C(=O)C12CC3CC(CC(C3)C1)C2. The minimum absolute atomic E-state index is 0.0204. The fraction of sp³-hybridized carbons (Fsp3) is 0.889. The smallest absolute Gasteiger partial charge is 0.301 e. The second-order valence-corrected chi connectivity index (χ2v) is 15.1. The highest BCUT2D eigenvalue weighted by atomic mass is 28.3. The van der Waals surface area contributed by atoms with Gasteiger partial charge in [0.2, 0.25) is 5.78 Å². The average Bonchev–Trinajstić information content (AvgIpc) is 2.36. The van der Waals surface area contributed by atoms with Gasteiger partial charge >= 0.3 is 5.33 Å². The first-order valence-electron chi connectivity index (χ1n) is 8.86. The van der Waals surface area contributed by atoms with E-state index in [1.165, 1.54) is 19.3 Å². The summed E-state index contributed by atoms with van der Waals surface area (Å²) in [6.45, 7) is 10.9. The zero-order chi connectivity index (χ0) is 16.3. The van der Waals surface area contributed by atoms with E-state index in [2.05, 4.69) is 38.7 Å². The molecule has 4 bridgehead atoms. The van der Waals surface area contributed by atoms with Gasteiger partial charge in [-0.25, -0.2) is 0 Å². The van der Waals surface area contributed by atoms with Crippen molar-refractivity contribution in [1.82, 2.24) is 0 Å². The van der Waals surface area contributed by atoms with Gasteiger partial charge < -0.3 is 5.53 Å². The Bertz CT molecular complexity index is 517. The molecule has 0 heterocycles. The molecule has 4 aliphatic rings. The van der Waals surface area contributed by atoms with Crippen LogP contribution < -0.4 is 0 Å². The number of hydrogen-bond acceptors (Lipinski definition) is 1. The van der Waals surface area contributed by atoms with E-state index in [-0.39, 0.29) is 16.2 Å². The Morgan fingerprint density at radius 1 is 1.05 bits per heavy atom. The normalized spacial score (nSPS) is 37.0. The van der Waals surface area contributed by atoms with Gasteiger partial charge in [-0.1, -0.05) is 33.9 Å². The maximum atomic E-state index is 13.5. The van der Waals surface area contributed by atoms with Crippen LogP contribution in [0.1, 0.15) is 59.3 Å². The van der Waals surface area contributed by atoms with Crippen LogP contribution in [0.15, 0.2) is 0 Å². The fourth-order valence-electron chi connectivity index (χ4n) is 5.45. The maximum absolute atomic E-state index is 13.5. The molecule has 122 valence electrons. The summed E-state index contributed by atoms with van der Waals surface area (Å²) in [7, 11) is -2.10. The lowest BCUT2D eigenvalue weighted by molar-refractivity contribution is -0.140. The molecule has 0 spiro atoms. The number of hydrogen-bond donors (Lipinski definition) is 0. The molecule has 0 saturated heterocycles. The Balaban J connectivity index is 1.95. The van der Waals surface area contributed by atoms with Crippen molar-refractivity contribution < 1.29 is 9.58 Å². The Hall–Kier alpha value is -0.733. The van der Waals surface area contributed by atoms with Crippen LogP contribution in [0.25, 0.3) is 5.53 Å². The first kappa shape index (κ1) is 16.1. The first-order valence-corrected chi connectivity index (χ1v) is 11.9. The van der Waals surface area contributed by atoms with Crippen molar-refractivity contribution in [1.29, 1.82) is 0 Å². The van der Waals surface area contributed by atoms with Crippen LogP contribution in [0, 0.1) is 23.2 Å². The van der Waals surface area contributed by atoms with Gasteiger partial charge in [0, 0.05) is 5.41 Å². The molecule has 0 amide bonds. The highest BCUT2D eigenvalue weighted by Gasteiger charge is 2.60. The van der Waals surface area contributed by atoms with Crippen LogP contribution in [0.5, 0.6) is 0 Å². The van der Waals surface area contributed by atoms with Crippen molar-refractivity contribution in [2.24, 2.45) is 23.2 Å². The largest absolute Gasteiger partial charge is 0.362 e. The highest BCUT2D eigenvalue weighted by Crippen LogP contribution is 2.60. The van der Waals surface area contributed by atoms with Gasteiger partial charge in [0.25, 0.3) is 0 Å². The molecule has 4 rings (SSSR count). The van der Waals surface area contributed by atoms with Crippen molar-refractivity contribution >= 4 is 19.2 Å². The first-order chi connectivity index (χ1) is 10.1. The molecule has 0 aromatic rings. The van der Waals surface area contributed by atoms with E-state index in [0.29, 0.717) is 5.33 Å². The molecule has 0 radical (unpaired) electrons. The van der Waals surface area contributed by atoms with E-state index >= 15 is 0 Å². The van der Waals surface area contributed by atoms with Crippen molar-refractivity contribution in [3.05, 3.63) is 5.53 Å². The second kappa shape index (κ2) is 4.88. The monoisotopic (exact) mass is 318 g/mol. The summed E-state index contributed by atoms with van der Waals surface area (Å²) in [5, 5.41) is 0.564. The van der Waals surface area contributed by atoms with Gasteiger partial charge in [0.1, 0.15) is 0 Å². The maximum Gasteiger partial charge on any atom is 0.301 e. The van der Waals surface area contributed by atoms with E-state index in [1.54, 1.807) is 0 Å². The molecule has 0 N–H and O–H groups in total. The summed E-state index contributed by atoms with van der Waals surface area (Å²) in [6, 6.07) is 0. The summed E-state index contributed by atoms with van der Waals surface area (Å²) < 4.78 is 0. The molecule has 22 heavy (non-hydrogen) atoms. The molecular weight excluding hydrogens is 288 g/mol. The van der Waals surface area contributed by atoms with Crippen molar-refractivity contribution in [3.63, 3.8) is 0 Å². The lowest BCUT2D eigenvalue weighted by Crippen LogP contribution is -2.58. The predicted molar refractivity (Wildman–Crippen MR) is 91.4 cm³/mol. The van der Waals surface area contributed by atoms with Crippen LogP contribution >= 0.6 is 0 Å². The van der Waals surface area contributed by atoms with Crippen LogP contribution in [0.4, 0.5) is 0 Å². The molecule has 0 unspecified atom stereocenters. The molecule has 0 aromatic heterocycles. The molecule has 4 aliphatic carbocycles. The summed E-state index contributed by atoms with van der Waals surface area (Å²) in [5.74, 6) is 2.44. The number of nitrogens with zero attached hydrogens (tertiary/aromatic N) is 2. The molecular formula is C18H30N2OSi. The van der Waals surface area contributed by atoms with E-state index in [0.717, 1.165) is 37.0 Å². The average molecular weight is 319 g/mol. The molecule has 4 fully saturated rings. The summed E-state index contributed by atoms with van der Waals surface area (Å²) in [5.41, 5.74) is 9.51. The van der Waals surface area contributed by atoms with Gasteiger partial charge in [-0.3, -0.25) is 4.79 Å². The Kier molecular flexibility index (Phi) is 3.58. The third kappa shape index (κ3) is 2.27. The number of ketones is 1. The van der Waals surface area contributed by atoms with E-state index in [9.17, 15) is 10.3 Å². The summed E-state index contributed by atoms with van der Waals surface area (Å²) in [6.07, 6.45) is 7.14. The molecule has 3 nitrogen and oxygen atoms in total. The van der Waals surface area contributed by atoms with Crippen LogP contribution in [0.2, 0.25) is 18.1 Å². The van der Waals surface area contributed by atoms with Crippen LogP contribution in [-0.2, 0) is 4.79 Å². The molecule has 0 atom stereocenters. The van der Waals surface area contributed by atoms with Gasteiger partial charge in [0.05, 0.1) is 0 Å². The molecule has 4 heteroatoms. The third-order valence-corrected chi connectivity index (χ3v) is 12.6. The van der Waals surface area contributed by atoms with Crippen molar-refractivity contribution in [2.75, 3.05) is 0 Å². The van der Waals surface area contributed by atoms with Gasteiger partial charge in [-0.05, 0) is 61.3 Å². The molecule has 0 aromatic carbocycles. The van der Waals surface area contributed by atoms with Crippen LogP contribution in [0.3, 0.4) is 0 Å². The Labute approximate surface area is 135 Å². The highest BCUT2D eigenvalue weighted by molar-refractivity contribution is 7.14. The van der Waals surface area contributed by atoms with Gasteiger partial charge in [-0.2, -0.15) is 4.79 Å². The zero-order valence-corrected chi connectivity index (χ0v) is 15.8. The van der Waals surface area contributed by atoms with E-state index in [1.807, 2.05) is 0 Å². The number of rotatable bonds is 3. The number of carbonyl (C=O) groups excluding carboxylic acids is 1. The lowest BCUT2D eigenvalue weighted by atomic mass is 9.48. The predicted octanol–water partition coefficient (Wildman–Crippen LogP) is 4.49. The van der Waals surface area contributed by atoms with E-state index < -0.39 is 8.07 Å². The summed E-state index contributed by atoms with van der Waals surface area (Å²) >= 11 is 0. The Morgan fingerprint density at radius 3 is 1.77 bits per heavy atom. The topological polar surface area (TPSA) is 53.5 Å². The molecule has 0 aliphatic heterocycles. The minimum Gasteiger partial charge on any atom is -0.362 e. The van der Waals surface area contributed by atoms with Crippen molar-refractivity contribution in [3.8, 4) is 0 Å². The minimum atomic E-state index is -2.10. The van der Waals surface area contributed by atoms with Gasteiger partial charge in [-0.15, -0.1) is 0 Å². The standard InChI is InChI=1S/C18H30N2OSi/c1-17(2,3)22(4,5)16(20-19)15(21)18-9-12-6-13(10-18)8-14(7-12)11-18/h12-14H,6-11H2,1-5H3. The van der Waals surface area contributed by atoms with Crippen molar-refractivity contribution in [2.45, 2.75) is 77.4 Å². The Morgan fingerprint density at radius 2 is 1.45 bits per heavy atom. The second-order valence-electron chi connectivity index (χ2n) is 9.85. The lowest BCUT2D eigenvalue weighted by Gasteiger charge is -2.55.